The second kappa shape index (κ2) is 7.02. The topological polar surface area (TPSA) is 79.9 Å². The van der Waals surface area contributed by atoms with E-state index < -0.39 is 5.41 Å². The highest BCUT2D eigenvalue weighted by Crippen LogP contribution is 2.38. The predicted molar refractivity (Wildman–Crippen MR) is 110 cm³/mol. The fourth-order valence-corrected chi connectivity index (χ4v) is 3.83. The van der Waals surface area contributed by atoms with Gasteiger partial charge in [0.15, 0.2) is 11.4 Å². The van der Waals surface area contributed by atoms with E-state index in [9.17, 15) is 4.79 Å². The van der Waals surface area contributed by atoms with Gasteiger partial charge in [0.05, 0.1) is 24.6 Å². The van der Waals surface area contributed by atoms with E-state index in [0.717, 1.165) is 42.0 Å². The Hall–Kier alpha value is -2.73. The first kappa shape index (κ1) is 18.6. The molecule has 0 amide bonds. The van der Waals surface area contributed by atoms with Gasteiger partial charge >= 0.3 is 0 Å². The number of aromatic nitrogens is 3. The first-order valence-corrected chi connectivity index (χ1v) is 9.69. The zero-order valence-corrected chi connectivity index (χ0v) is 16.8. The Labute approximate surface area is 164 Å². The fraction of sp³-hybridized carbons (Fsp3) is 0.409. The van der Waals surface area contributed by atoms with Gasteiger partial charge in [-0.2, -0.15) is 0 Å². The lowest BCUT2D eigenvalue weighted by molar-refractivity contribution is 0.0860. The maximum Gasteiger partial charge on any atom is 0.171 e. The Bertz CT molecular complexity index is 1030. The van der Waals surface area contributed by atoms with Crippen LogP contribution in [0.1, 0.15) is 55.6 Å². The van der Waals surface area contributed by atoms with Crippen LogP contribution in [-0.4, -0.2) is 34.4 Å². The molecular formula is C22H26N4O2. The van der Waals surface area contributed by atoms with Gasteiger partial charge in [0.25, 0.3) is 0 Å². The molecule has 28 heavy (non-hydrogen) atoms. The van der Waals surface area contributed by atoms with E-state index in [1.165, 1.54) is 0 Å². The molecule has 3 aromatic rings. The maximum absolute atomic E-state index is 12.8. The molecule has 0 aliphatic carbocycles. The number of ether oxygens (including phenoxy) is 1. The first-order valence-electron chi connectivity index (χ1n) is 9.69. The van der Waals surface area contributed by atoms with Crippen LogP contribution < -0.4 is 10.1 Å². The van der Waals surface area contributed by atoms with Crippen LogP contribution in [-0.2, 0) is 0 Å². The molecule has 146 valence electrons. The summed E-state index contributed by atoms with van der Waals surface area (Å²) >= 11 is 0. The molecule has 1 unspecified atom stereocenters. The SMILES string of the molecule is COc1cccc(-c2cnc3[nH]cc(C(=O)C(C)(C)C)c3n2)c1C1CCCN1. The summed E-state index contributed by atoms with van der Waals surface area (Å²) in [5.74, 6) is 0.896. The van der Waals surface area contributed by atoms with Gasteiger partial charge in [-0.1, -0.05) is 32.9 Å². The number of H-pyrrole nitrogens is 1. The summed E-state index contributed by atoms with van der Waals surface area (Å²) in [4.78, 5) is 25.3. The van der Waals surface area contributed by atoms with Gasteiger partial charge in [0.1, 0.15) is 11.3 Å². The zero-order chi connectivity index (χ0) is 19.9. The second-order valence-corrected chi connectivity index (χ2v) is 8.30. The molecule has 1 fully saturated rings. The molecular weight excluding hydrogens is 352 g/mol. The molecule has 2 N–H and O–H groups in total. The Morgan fingerprint density at radius 1 is 1.29 bits per heavy atom. The van der Waals surface area contributed by atoms with E-state index in [1.54, 1.807) is 19.5 Å². The third-order valence-corrected chi connectivity index (χ3v) is 5.28. The van der Waals surface area contributed by atoms with Crippen molar-refractivity contribution in [2.24, 2.45) is 5.41 Å². The lowest BCUT2D eigenvalue weighted by atomic mass is 9.87. The minimum atomic E-state index is -0.484. The summed E-state index contributed by atoms with van der Waals surface area (Å²) in [5, 5.41) is 3.55. The van der Waals surface area contributed by atoms with E-state index in [0.29, 0.717) is 16.7 Å². The average Bonchev–Trinajstić information content (AvgIpc) is 3.35. The minimum absolute atomic E-state index is 0.0496. The number of benzene rings is 1. The molecule has 1 saturated heterocycles. The summed E-state index contributed by atoms with van der Waals surface area (Å²) < 4.78 is 5.65. The van der Waals surface area contributed by atoms with Crippen LogP contribution >= 0.6 is 0 Å². The number of nitrogens with one attached hydrogen (secondary N) is 2. The number of carbonyl (C=O) groups is 1. The van der Waals surface area contributed by atoms with Crippen molar-refractivity contribution in [2.75, 3.05) is 13.7 Å². The largest absolute Gasteiger partial charge is 0.496 e. The molecule has 1 aliphatic rings. The molecule has 0 radical (unpaired) electrons. The highest BCUT2D eigenvalue weighted by molar-refractivity contribution is 6.08. The van der Waals surface area contributed by atoms with Gasteiger partial charge < -0.3 is 15.0 Å². The molecule has 6 nitrogen and oxygen atoms in total. The van der Waals surface area contributed by atoms with Gasteiger partial charge in [-0.25, -0.2) is 9.97 Å². The number of rotatable bonds is 4. The van der Waals surface area contributed by atoms with E-state index in [2.05, 4.69) is 15.3 Å². The Morgan fingerprint density at radius 3 is 2.79 bits per heavy atom. The Kier molecular flexibility index (Phi) is 4.67. The summed E-state index contributed by atoms with van der Waals surface area (Å²) in [6.07, 6.45) is 5.67. The molecule has 3 heterocycles. The van der Waals surface area contributed by atoms with E-state index >= 15 is 0 Å². The van der Waals surface area contributed by atoms with Crippen molar-refractivity contribution >= 4 is 16.9 Å². The van der Waals surface area contributed by atoms with Crippen molar-refractivity contribution in [1.29, 1.82) is 0 Å². The minimum Gasteiger partial charge on any atom is -0.496 e. The fourth-order valence-electron chi connectivity index (χ4n) is 3.83. The maximum atomic E-state index is 12.8. The van der Waals surface area contributed by atoms with Crippen molar-refractivity contribution in [3.05, 3.63) is 41.7 Å². The average molecular weight is 378 g/mol. The standard InChI is InChI=1S/C22H26N4O2/c1-22(2,3)20(27)14-11-24-21-19(14)26-16(12-25-21)13-7-5-9-17(28-4)18(13)15-8-6-10-23-15/h5,7,9,11-12,15,23H,6,8,10H2,1-4H3,(H,24,25). The molecule has 0 bridgehead atoms. The quantitative estimate of drug-likeness (QED) is 0.662. The molecule has 1 aliphatic heterocycles. The summed E-state index contributed by atoms with van der Waals surface area (Å²) in [7, 11) is 1.69. The van der Waals surface area contributed by atoms with Crippen LogP contribution in [0.3, 0.4) is 0 Å². The molecule has 6 heteroatoms. The number of carbonyl (C=O) groups excluding carboxylic acids is 1. The Morgan fingerprint density at radius 2 is 2.11 bits per heavy atom. The number of Topliss-reactive ketones (excluding diaryl/α,β-unsaturated/α-hetero) is 1. The number of ketones is 1. The lowest BCUT2D eigenvalue weighted by Gasteiger charge is -2.19. The number of hydrogen-bond acceptors (Lipinski definition) is 5. The van der Waals surface area contributed by atoms with Crippen molar-refractivity contribution < 1.29 is 9.53 Å². The van der Waals surface area contributed by atoms with Crippen LogP contribution in [0.4, 0.5) is 0 Å². The van der Waals surface area contributed by atoms with Crippen LogP contribution in [0.15, 0.2) is 30.6 Å². The molecule has 1 atom stereocenters. The van der Waals surface area contributed by atoms with Gasteiger partial charge in [0.2, 0.25) is 0 Å². The normalized spacial score (nSPS) is 17.2. The van der Waals surface area contributed by atoms with Gasteiger partial charge in [-0.3, -0.25) is 4.79 Å². The van der Waals surface area contributed by atoms with Crippen molar-refractivity contribution in [1.82, 2.24) is 20.3 Å². The highest BCUT2D eigenvalue weighted by Gasteiger charge is 2.28. The number of fused-ring (bicyclic) bond motifs is 1. The van der Waals surface area contributed by atoms with Crippen LogP contribution in [0, 0.1) is 5.41 Å². The monoisotopic (exact) mass is 378 g/mol. The third-order valence-electron chi connectivity index (χ3n) is 5.28. The van der Waals surface area contributed by atoms with Crippen LogP contribution in [0.5, 0.6) is 5.75 Å². The smallest absolute Gasteiger partial charge is 0.171 e. The second-order valence-electron chi connectivity index (χ2n) is 8.30. The summed E-state index contributed by atoms with van der Waals surface area (Å²) in [5.41, 5.74) is 4.18. The van der Waals surface area contributed by atoms with E-state index in [1.807, 2.05) is 39.0 Å². The van der Waals surface area contributed by atoms with Crippen molar-refractivity contribution in [3.63, 3.8) is 0 Å². The first-order chi connectivity index (χ1) is 13.4. The Balaban J connectivity index is 1.87. The molecule has 4 rings (SSSR count). The molecule has 1 aromatic carbocycles. The van der Waals surface area contributed by atoms with Gasteiger partial charge in [-0.15, -0.1) is 0 Å². The van der Waals surface area contributed by atoms with Gasteiger partial charge in [0, 0.05) is 28.8 Å². The lowest BCUT2D eigenvalue weighted by Crippen LogP contribution is -2.20. The number of methoxy groups -OCH3 is 1. The number of nitrogens with zero attached hydrogens (tertiary/aromatic N) is 2. The van der Waals surface area contributed by atoms with E-state index in [-0.39, 0.29) is 11.8 Å². The summed E-state index contributed by atoms with van der Waals surface area (Å²) in [6, 6.07) is 6.23. The molecule has 2 aromatic heterocycles. The van der Waals surface area contributed by atoms with Gasteiger partial charge in [-0.05, 0) is 25.5 Å². The molecule has 0 spiro atoms. The third kappa shape index (κ3) is 3.18. The van der Waals surface area contributed by atoms with Crippen molar-refractivity contribution in [3.8, 4) is 17.0 Å². The van der Waals surface area contributed by atoms with E-state index in [4.69, 9.17) is 9.72 Å². The zero-order valence-electron chi connectivity index (χ0n) is 16.8. The number of aromatic amines is 1. The number of hydrogen-bond donors (Lipinski definition) is 2. The predicted octanol–water partition coefficient (Wildman–Crippen LogP) is 4.29. The summed E-state index contributed by atoms with van der Waals surface area (Å²) in [6.45, 7) is 6.74. The van der Waals surface area contributed by atoms with Crippen LogP contribution in [0.2, 0.25) is 0 Å². The van der Waals surface area contributed by atoms with Crippen LogP contribution in [0.25, 0.3) is 22.4 Å². The molecule has 0 saturated carbocycles. The van der Waals surface area contributed by atoms with Crippen molar-refractivity contribution in [2.45, 2.75) is 39.7 Å². The highest BCUT2D eigenvalue weighted by atomic mass is 16.5.